The number of ether oxygens (including phenoxy) is 1. The number of nitrogens with one attached hydrogen (secondary N) is 1. The van der Waals surface area contributed by atoms with E-state index in [1.54, 1.807) is 0 Å². The van der Waals surface area contributed by atoms with E-state index in [0.717, 1.165) is 32.1 Å². The van der Waals surface area contributed by atoms with Crippen LogP contribution in [0.3, 0.4) is 0 Å². The normalized spacial score (nSPS) is 41.0. The quantitative estimate of drug-likeness (QED) is 0.623. The first-order chi connectivity index (χ1) is 9.75. The van der Waals surface area contributed by atoms with Gasteiger partial charge in [0.05, 0.1) is 16.8 Å². The Morgan fingerprint density at radius 3 is 2.24 bits per heavy atom. The van der Waals surface area contributed by atoms with Gasteiger partial charge in [0, 0.05) is 6.04 Å². The lowest BCUT2D eigenvalue weighted by Crippen LogP contribution is -2.62. The summed E-state index contributed by atoms with van der Waals surface area (Å²) in [6, 6.07) is 0.226. The summed E-state index contributed by atoms with van der Waals surface area (Å²) in [5.41, 5.74) is -0.267. The van der Waals surface area contributed by atoms with Gasteiger partial charge in [0.2, 0.25) is 5.91 Å². The molecule has 0 heterocycles. The fourth-order valence-electron chi connectivity index (χ4n) is 5.05. The molecule has 4 saturated carbocycles. The zero-order valence-electron chi connectivity index (χ0n) is 12.9. The summed E-state index contributed by atoms with van der Waals surface area (Å²) in [5, 5.41) is 3.24. The highest BCUT2D eigenvalue weighted by molar-refractivity contribution is 9.10. The van der Waals surface area contributed by atoms with E-state index < -0.39 is 4.32 Å². The first-order valence-corrected chi connectivity index (χ1v) is 8.63. The van der Waals surface area contributed by atoms with Gasteiger partial charge in [-0.3, -0.25) is 9.59 Å². The minimum atomic E-state index is -0.540. The van der Waals surface area contributed by atoms with Crippen molar-refractivity contribution < 1.29 is 14.3 Å². The fraction of sp³-hybridized carbons (Fsp3) is 0.875. The van der Waals surface area contributed by atoms with Crippen LogP contribution in [0.4, 0.5) is 0 Å². The molecular weight excluding hydrogens is 334 g/mol. The van der Waals surface area contributed by atoms with Gasteiger partial charge in [0.25, 0.3) is 0 Å². The molecule has 1 N–H and O–H groups in total. The van der Waals surface area contributed by atoms with Crippen molar-refractivity contribution in [3.05, 3.63) is 0 Å². The number of rotatable bonds is 3. The average molecular weight is 358 g/mol. The highest BCUT2D eigenvalue weighted by Gasteiger charge is 2.59. The van der Waals surface area contributed by atoms with E-state index in [9.17, 15) is 9.59 Å². The Balaban J connectivity index is 1.78. The van der Waals surface area contributed by atoms with Crippen molar-refractivity contribution in [2.24, 2.45) is 23.2 Å². The van der Waals surface area contributed by atoms with Crippen molar-refractivity contribution in [2.45, 2.75) is 56.3 Å². The maximum atomic E-state index is 12.3. The third kappa shape index (κ3) is 2.51. The number of methoxy groups -OCH3 is 1. The largest absolute Gasteiger partial charge is 0.469 e. The molecule has 0 spiro atoms. The third-order valence-electron chi connectivity index (χ3n) is 5.73. The number of halogens is 1. The third-order valence-corrected chi connectivity index (χ3v) is 6.09. The van der Waals surface area contributed by atoms with Crippen molar-refractivity contribution >= 4 is 27.8 Å². The van der Waals surface area contributed by atoms with Crippen LogP contribution >= 0.6 is 15.9 Å². The number of hydrogen-bond acceptors (Lipinski definition) is 3. The zero-order chi connectivity index (χ0) is 15.4. The van der Waals surface area contributed by atoms with Gasteiger partial charge in [-0.2, -0.15) is 0 Å². The number of amides is 1. The second kappa shape index (κ2) is 4.97. The SMILES string of the molecule is COC(=O)C12CC3CC(C1)C(NC(=O)C(C)(C)Br)C(C3)C2. The predicted molar refractivity (Wildman–Crippen MR) is 82.9 cm³/mol. The second-order valence-corrected chi connectivity index (χ2v) is 9.70. The summed E-state index contributed by atoms with van der Waals surface area (Å²) in [7, 11) is 1.49. The predicted octanol–water partition coefficient (Wildman–Crippen LogP) is 2.64. The molecule has 0 saturated heterocycles. The van der Waals surface area contributed by atoms with Crippen LogP contribution in [0.1, 0.15) is 46.0 Å². The van der Waals surface area contributed by atoms with E-state index in [1.165, 1.54) is 7.11 Å². The van der Waals surface area contributed by atoms with E-state index >= 15 is 0 Å². The summed E-state index contributed by atoms with van der Waals surface area (Å²) >= 11 is 3.43. The lowest BCUT2D eigenvalue weighted by atomic mass is 9.48. The smallest absolute Gasteiger partial charge is 0.311 e. The van der Waals surface area contributed by atoms with E-state index in [4.69, 9.17) is 4.74 Å². The minimum Gasteiger partial charge on any atom is -0.469 e. The van der Waals surface area contributed by atoms with Gasteiger partial charge in [0.15, 0.2) is 0 Å². The van der Waals surface area contributed by atoms with Gasteiger partial charge in [-0.25, -0.2) is 0 Å². The zero-order valence-corrected chi connectivity index (χ0v) is 14.5. The average Bonchev–Trinajstić information content (AvgIpc) is 2.39. The van der Waals surface area contributed by atoms with Gasteiger partial charge in [0.1, 0.15) is 0 Å². The Morgan fingerprint density at radius 1 is 1.19 bits per heavy atom. The molecule has 4 rings (SSSR count). The van der Waals surface area contributed by atoms with Gasteiger partial charge in [-0.05, 0) is 63.7 Å². The van der Waals surface area contributed by atoms with Gasteiger partial charge >= 0.3 is 5.97 Å². The Labute approximate surface area is 134 Å². The summed E-state index contributed by atoms with van der Waals surface area (Å²) in [4.78, 5) is 24.5. The highest BCUT2D eigenvalue weighted by Crippen LogP contribution is 2.60. The van der Waals surface area contributed by atoms with Crippen molar-refractivity contribution in [3.63, 3.8) is 0 Å². The molecular formula is C16H24BrNO3. The molecule has 4 bridgehead atoms. The molecule has 2 atom stereocenters. The molecule has 4 nitrogen and oxygen atoms in total. The number of alkyl halides is 1. The summed E-state index contributed by atoms with van der Waals surface area (Å²) in [6.07, 6.45) is 5.02. The molecule has 1 amide bonds. The topological polar surface area (TPSA) is 55.4 Å². The molecule has 4 aliphatic carbocycles. The molecule has 4 fully saturated rings. The molecule has 21 heavy (non-hydrogen) atoms. The van der Waals surface area contributed by atoms with Crippen LogP contribution in [0.5, 0.6) is 0 Å². The van der Waals surface area contributed by atoms with E-state index in [0.29, 0.717) is 17.8 Å². The molecule has 0 aromatic carbocycles. The van der Waals surface area contributed by atoms with E-state index in [-0.39, 0.29) is 23.3 Å². The van der Waals surface area contributed by atoms with Gasteiger partial charge in [-0.1, -0.05) is 15.9 Å². The van der Waals surface area contributed by atoms with Crippen molar-refractivity contribution in [3.8, 4) is 0 Å². The first kappa shape index (κ1) is 15.3. The molecule has 4 aliphatic rings. The van der Waals surface area contributed by atoms with Crippen LogP contribution < -0.4 is 5.32 Å². The number of carbonyl (C=O) groups is 2. The Kier molecular flexibility index (Phi) is 3.62. The van der Waals surface area contributed by atoms with Crippen LogP contribution in [0.2, 0.25) is 0 Å². The molecule has 2 unspecified atom stereocenters. The molecule has 0 aliphatic heterocycles. The Morgan fingerprint density at radius 2 is 1.76 bits per heavy atom. The van der Waals surface area contributed by atoms with Crippen molar-refractivity contribution in [1.82, 2.24) is 5.32 Å². The summed E-state index contributed by atoms with van der Waals surface area (Å²) in [5.74, 6) is 1.50. The summed E-state index contributed by atoms with van der Waals surface area (Å²) < 4.78 is 4.53. The van der Waals surface area contributed by atoms with E-state index in [1.807, 2.05) is 13.8 Å². The molecule has 0 aromatic heterocycles. The van der Waals surface area contributed by atoms with Gasteiger partial charge < -0.3 is 10.1 Å². The molecule has 118 valence electrons. The maximum Gasteiger partial charge on any atom is 0.311 e. The lowest BCUT2D eigenvalue weighted by Gasteiger charge is -2.58. The minimum absolute atomic E-state index is 0.0347. The molecule has 0 radical (unpaired) electrons. The monoisotopic (exact) mass is 357 g/mol. The van der Waals surface area contributed by atoms with Crippen LogP contribution in [0.15, 0.2) is 0 Å². The van der Waals surface area contributed by atoms with Crippen LogP contribution in [-0.4, -0.2) is 29.4 Å². The fourth-order valence-corrected chi connectivity index (χ4v) is 5.16. The Hall–Kier alpha value is -0.580. The first-order valence-electron chi connectivity index (χ1n) is 7.83. The van der Waals surface area contributed by atoms with Crippen molar-refractivity contribution in [1.29, 1.82) is 0 Å². The number of carbonyl (C=O) groups excluding carboxylic acids is 2. The van der Waals surface area contributed by atoms with Crippen LogP contribution in [0.25, 0.3) is 0 Å². The second-order valence-electron chi connectivity index (χ2n) is 7.71. The Bertz CT molecular complexity index is 455. The number of esters is 1. The molecule has 0 aromatic rings. The summed E-state index contributed by atoms with van der Waals surface area (Å²) in [6.45, 7) is 3.74. The van der Waals surface area contributed by atoms with Crippen LogP contribution in [0, 0.1) is 23.2 Å². The lowest BCUT2D eigenvalue weighted by molar-refractivity contribution is -0.171. The standard InChI is InChI=1S/C16H24BrNO3/c1-15(2,17)13(19)18-12-10-4-9-5-11(12)8-16(6-9,7-10)14(20)21-3/h9-12H,4-8H2,1-3H3,(H,18,19). The maximum absolute atomic E-state index is 12.3. The van der Waals surface area contributed by atoms with E-state index in [2.05, 4.69) is 21.2 Å². The van der Waals surface area contributed by atoms with Gasteiger partial charge in [-0.15, -0.1) is 0 Å². The molecule has 5 heteroatoms. The number of hydrogen-bond donors (Lipinski definition) is 1. The highest BCUT2D eigenvalue weighted by atomic mass is 79.9. The van der Waals surface area contributed by atoms with Crippen LogP contribution in [-0.2, 0) is 14.3 Å². The van der Waals surface area contributed by atoms with Crippen molar-refractivity contribution in [2.75, 3.05) is 7.11 Å².